The molecule has 204 valence electrons. The minimum absolute atomic E-state index is 0.0663. The smallest absolute Gasteiger partial charge is 0.402 e. The summed E-state index contributed by atoms with van der Waals surface area (Å²) in [6.45, 7) is 0.415. The van der Waals surface area contributed by atoms with Gasteiger partial charge in [0, 0.05) is 31.0 Å². The van der Waals surface area contributed by atoms with Crippen LogP contribution in [0.3, 0.4) is 0 Å². The summed E-state index contributed by atoms with van der Waals surface area (Å²) in [5, 5.41) is 13.7. The van der Waals surface area contributed by atoms with Crippen LogP contribution in [0.25, 0.3) is 11.6 Å². The number of aliphatic imine (C=N–C) groups is 1. The monoisotopic (exact) mass is 548 g/mol. The molecule has 0 unspecified atom stereocenters. The number of rotatable bonds is 7. The fourth-order valence-electron chi connectivity index (χ4n) is 4.80. The van der Waals surface area contributed by atoms with E-state index < -0.39 is 23.8 Å². The van der Waals surface area contributed by atoms with Crippen LogP contribution in [-0.2, 0) is 15.7 Å². The molecule has 1 aliphatic carbocycles. The van der Waals surface area contributed by atoms with Gasteiger partial charge < -0.3 is 19.8 Å². The van der Waals surface area contributed by atoms with Crippen molar-refractivity contribution in [3.8, 4) is 11.6 Å². The molecule has 2 N–H and O–H groups in total. The van der Waals surface area contributed by atoms with Crippen molar-refractivity contribution in [2.24, 2.45) is 10.9 Å². The van der Waals surface area contributed by atoms with Crippen LogP contribution in [0.2, 0.25) is 0 Å². The summed E-state index contributed by atoms with van der Waals surface area (Å²) in [6, 6.07) is 17.7. The molecular weight excluding hydrogens is 525 g/mol. The molecule has 12 heteroatoms. The first-order valence-electron chi connectivity index (χ1n) is 12.5. The average molecular weight is 549 g/mol. The van der Waals surface area contributed by atoms with Crippen molar-refractivity contribution in [1.82, 2.24) is 15.2 Å². The minimum Gasteiger partial charge on any atom is -0.402 e. The minimum atomic E-state index is -4.55. The van der Waals surface area contributed by atoms with Gasteiger partial charge in [-0.05, 0) is 36.0 Å². The van der Waals surface area contributed by atoms with Crippen LogP contribution < -0.4 is 10.6 Å². The van der Waals surface area contributed by atoms with Crippen LogP contribution in [0.5, 0.6) is 0 Å². The number of carbonyl (C=O) groups excluding carboxylic acids is 1. The number of methoxy groups -OCH3 is 1. The lowest BCUT2D eigenvalue weighted by molar-refractivity contribution is -0.137. The Morgan fingerprint density at radius 2 is 1.88 bits per heavy atom. The number of para-hydroxylation sites is 1. The number of halogens is 3. The van der Waals surface area contributed by atoms with Gasteiger partial charge in [-0.3, -0.25) is 9.78 Å². The number of ether oxygens (including phenoxy) is 1. The molecule has 9 nitrogen and oxygen atoms in total. The van der Waals surface area contributed by atoms with Gasteiger partial charge in [-0.25, -0.2) is 4.99 Å². The first kappa shape index (κ1) is 25.7. The Morgan fingerprint density at radius 1 is 1.10 bits per heavy atom. The van der Waals surface area contributed by atoms with Crippen LogP contribution in [0.15, 0.2) is 76.3 Å². The molecule has 4 aromatic rings. The fraction of sp³-hybridized carbons (Fsp3) is 0.250. The van der Waals surface area contributed by atoms with Crippen molar-refractivity contribution in [3.63, 3.8) is 0 Å². The van der Waals surface area contributed by atoms with Crippen molar-refractivity contribution in [1.29, 1.82) is 0 Å². The molecule has 2 aromatic carbocycles. The number of hydrogen-bond donors (Lipinski definition) is 2. The number of nitrogens with zero attached hydrogens (tertiary/aromatic N) is 4. The topological polar surface area (TPSA) is 115 Å². The largest absolute Gasteiger partial charge is 0.417 e. The van der Waals surface area contributed by atoms with E-state index in [1.807, 2.05) is 48.5 Å². The third kappa shape index (κ3) is 5.05. The SMILES string of the molecule is COC[C@H]1C[C@@H]1c1cc(C(F)(F)F)cnc1-c1nnc(N[C@@H]2N=C(c3ccccc3)c3ccccc3NC2=O)o1. The Hall–Kier alpha value is -4.58. The molecular formula is C28H23F3N6O3. The summed E-state index contributed by atoms with van der Waals surface area (Å²) in [5.74, 6) is -0.639. The molecule has 6 rings (SSSR count). The number of aromatic nitrogens is 3. The summed E-state index contributed by atoms with van der Waals surface area (Å²) < 4.78 is 51.3. The molecule has 2 aromatic heterocycles. The number of fused-ring (bicyclic) bond motifs is 1. The highest BCUT2D eigenvalue weighted by molar-refractivity contribution is 6.19. The van der Waals surface area contributed by atoms with Crippen LogP contribution >= 0.6 is 0 Å². The molecule has 1 saturated carbocycles. The quantitative estimate of drug-likeness (QED) is 0.329. The summed E-state index contributed by atoms with van der Waals surface area (Å²) in [7, 11) is 1.55. The van der Waals surface area contributed by atoms with Crippen molar-refractivity contribution in [3.05, 3.63) is 89.1 Å². The number of nitrogens with one attached hydrogen (secondary N) is 2. The maximum absolute atomic E-state index is 13.4. The Morgan fingerprint density at radius 3 is 2.65 bits per heavy atom. The van der Waals surface area contributed by atoms with Crippen molar-refractivity contribution in [2.75, 3.05) is 24.4 Å². The third-order valence-electron chi connectivity index (χ3n) is 6.83. The Balaban J connectivity index is 1.32. The number of anilines is 2. The molecule has 3 atom stereocenters. The molecule has 1 aliphatic heterocycles. The normalized spacial score (nSPS) is 20.2. The lowest BCUT2D eigenvalue weighted by Gasteiger charge is -2.12. The van der Waals surface area contributed by atoms with Crippen LogP contribution in [0, 0.1) is 5.92 Å². The predicted molar refractivity (Wildman–Crippen MR) is 140 cm³/mol. The predicted octanol–water partition coefficient (Wildman–Crippen LogP) is 5.13. The molecule has 0 saturated heterocycles. The summed E-state index contributed by atoms with van der Waals surface area (Å²) in [5.41, 5.74) is 2.38. The number of pyridine rings is 1. The second-order valence-electron chi connectivity index (χ2n) is 9.56. The molecule has 0 spiro atoms. The van der Waals surface area contributed by atoms with Gasteiger partial charge in [0.05, 0.1) is 17.0 Å². The van der Waals surface area contributed by atoms with Gasteiger partial charge in [-0.1, -0.05) is 53.6 Å². The van der Waals surface area contributed by atoms with Gasteiger partial charge in [0.2, 0.25) is 6.17 Å². The molecule has 1 amide bonds. The van der Waals surface area contributed by atoms with Gasteiger partial charge in [0.25, 0.3) is 11.8 Å². The van der Waals surface area contributed by atoms with E-state index in [-0.39, 0.29) is 29.4 Å². The first-order valence-corrected chi connectivity index (χ1v) is 12.5. The van der Waals surface area contributed by atoms with E-state index in [1.54, 1.807) is 13.2 Å². The van der Waals surface area contributed by atoms with Gasteiger partial charge in [-0.2, -0.15) is 13.2 Å². The van der Waals surface area contributed by atoms with Gasteiger partial charge in [0.1, 0.15) is 5.69 Å². The van der Waals surface area contributed by atoms with Crippen molar-refractivity contribution < 1.29 is 27.1 Å². The second-order valence-corrected chi connectivity index (χ2v) is 9.56. The summed E-state index contributed by atoms with van der Waals surface area (Å²) in [4.78, 5) is 21.8. The molecule has 40 heavy (non-hydrogen) atoms. The zero-order valence-electron chi connectivity index (χ0n) is 21.1. The first-order chi connectivity index (χ1) is 19.3. The number of carbonyl (C=O) groups is 1. The Bertz CT molecular complexity index is 1590. The molecule has 1 fully saturated rings. The zero-order valence-corrected chi connectivity index (χ0v) is 21.1. The number of amides is 1. The highest BCUT2D eigenvalue weighted by Crippen LogP contribution is 2.50. The van der Waals surface area contributed by atoms with E-state index in [4.69, 9.17) is 9.15 Å². The van der Waals surface area contributed by atoms with Crippen LogP contribution in [-0.4, -0.2) is 46.7 Å². The van der Waals surface area contributed by atoms with Crippen molar-refractivity contribution in [2.45, 2.75) is 24.7 Å². The van der Waals surface area contributed by atoms with E-state index in [9.17, 15) is 18.0 Å². The highest BCUT2D eigenvalue weighted by Gasteiger charge is 2.42. The van der Waals surface area contributed by atoms with E-state index in [0.717, 1.165) is 23.4 Å². The number of alkyl halides is 3. The highest BCUT2D eigenvalue weighted by atomic mass is 19.4. The standard InChI is InChI=1S/C28H23F3N6O3/c1-39-14-16-11-19(16)20-12-17(28(29,30)31)13-32-23(20)26-36-37-27(40-26)35-24-25(38)33-21-10-6-5-9-18(21)22(34-24)15-7-3-2-4-8-15/h2-10,12-13,16,19,24H,11,14H2,1H3,(H,33,38)(H,35,37)/t16-,19+,24+/m1/s1. The Labute approximate surface area is 226 Å². The second kappa shape index (κ2) is 10.2. The van der Waals surface area contributed by atoms with Gasteiger partial charge in [0.15, 0.2) is 0 Å². The fourth-order valence-corrected chi connectivity index (χ4v) is 4.80. The lowest BCUT2D eigenvalue weighted by atomic mass is 10.0. The average Bonchev–Trinajstić information content (AvgIpc) is 3.59. The van der Waals surface area contributed by atoms with E-state index in [0.29, 0.717) is 30.0 Å². The third-order valence-corrected chi connectivity index (χ3v) is 6.83. The van der Waals surface area contributed by atoms with Gasteiger partial charge in [-0.15, -0.1) is 5.10 Å². The van der Waals surface area contributed by atoms with Crippen LogP contribution in [0.4, 0.5) is 24.9 Å². The maximum atomic E-state index is 13.4. The molecule has 0 radical (unpaired) electrons. The summed E-state index contributed by atoms with van der Waals surface area (Å²) >= 11 is 0. The van der Waals surface area contributed by atoms with Gasteiger partial charge >= 0.3 is 12.2 Å². The number of benzene rings is 2. The number of hydrogen-bond acceptors (Lipinski definition) is 8. The summed E-state index contributed by atoms with van der Waals surface area (Å²) in [6.07, 6.45) is -4.28. The molecule has 3 heterocycles. The lowest BCUT2D eigenvalue weighted by Crippen LogP contribution is -2.32. The Kier molecular flexibility index (Phi) is 6.54. The maximum Gasteiger partial charge on any atom is 0.417 e. The molecule has 0 bridgehead atoms. The zero-order chi connectivity index (χ0) is 27.9. The number of benzodiazepines with no additional fused rings is 1. The van der Waals surface area contributed by atoms with E-state index >= 15 is 0 Å². The van der Waals surface area contributed by atoms with E-state index in [2.05, 4.69) is 30.8 Å². The van der Waals surface area contributed by atoms with Crippen LogP contribution in [0.1, 0.15) is 34.6 Å². The molecule has 2 aliphatic rings. The van der Waals surface area contributed by atoms with Crippen molar-refractivity contribution >= 4 is 23.3 Å². The van der Waals surface area contributed by atoms with E-state index in [1.165, 1.54) is 0 Å².